The number of amides is 3. The van der Waals surface area contributed by atoms with Gasteiger partial charge in [-0.05, 0) is 44.0 Å². The minimum atomic E-state index is -1.20. The number of halogens is 1. The fraction of sp³-hybridized carbons (Fsp3) is 0.357. The van der Waals surface area contributed by atoms with E-state index in [0.29, 0.717) is 25.3 Å². The Morgan fingerprint density at radius 1 is 1.08 bits per heavy atom. The zero-order valence-electron chi connectivity index (χ0n) is 21.8. The number of hydrogen-bond donors (Lipinski definition) is 2. The summed E-state index contributed by atoms with van der Waals surface area (Å²) in [5, 5.41) is 5.70. The first-order valence-corrected chi connectivity index (χ1v) is 12.7. The normalized spacial score (nSPS) is 16.6. The highest BCUT2D eigenvalue weighted by Crippen LogP contribution is 2.29. The van der Waals surface area contributed by atoms with Gasteiger partial charge in [-0.2, -0.15) is 0 Å². The minimum Gasteiger partial charge on any atom is -0.494 e. The van der Waals surface area contributed by atoms with E-state index < -0.39 is 17.4 Å². The number of aromatic nitrogens is 2. The van der Waals surface area contributed by atoms with Gasteiger partial charge in [-0.1, -0.05) is 37.3 Å². The van der Waals surface area contributed by atoms with Crippen molar-refractivity contribution in [2.75, 3.05) is 13.2 Å². The maximum atomic E-state index is 13.7. The van der Waals surface area contributed by atoms with Crippen LogP contribution in [-0.2, 0) is 24.4 Å². The van der Waals surface area contributed by atoms with Crippen LogP contribution >= 0.6 is 0 Å². The van der Waals surface area contributed by atoms with Crippen molar-refractivity contribution in [3.05, 3.63) is 83.2 Å². The van der Waals surface area contributed by atoms with Crippen molar-refractivity contribution in [2.24, 2.45) is 0 Å². The Morgan fingerprint density at radius 3 is 2.53 bits per heavy atom. The van der Waals surface area contributed by atoms with E-state index in [0.717, 1.165) is 11.1 Å². The smallest absolute Gasteiger partial charge is 0.273 e. The number of ether oxygens (including phenoxy) is 1. The summed E-state index contributed by atoms with van der Waals surface area (Å²) >= 11 is 0. The first-order valence-electron chi connectivity index (χ1n) is 12.7. The number of benzene rings is 2. The Balaban J connectivity index is 1.53. The minimum absolute atomic E-state index is 0.0127. The number of carbonyl (C=O) groups is 3. The van der Waals surface area contributed by atoms with Gasteiger partial charge in [0.25, 0.3) is 11.8 Å². The van der Waals surface area contributed by atoms with Gasteiger partial charge in [-0.3, -0.25) is 14.4 Å². The van der Waals surface area contributed by atoms with Crippen LogP contribution < -0.4 is 15.4 Å². The van der Waals surface area contributed by atoms with Gasteiger partial charge in [0.05, 0.1) is 19.5 Å². The van der Waals surface area contributed by atoms with Gasteiger partial charge in [0, 0.05) is 25.2 Å². The molecule has 2 aromatic carbocycles. The fourth-order valence-electron chi connectivity index (χ4n) is 4.61. The summed E-state index contributed by atoms with van der Waals surface area (Å²) in [6.45, 7) is 6.86. The first kappa shape index (κ1) is 26.8. The molecule has 0 saturated carbocycles. The van der Waals surface area contributed by atoms with E-state index in [9.17, 15) is 18.8 Å². The van der Waals surface area contributed by atoms with Crippen LogP contribution in [0, 0.1) is 5.82 Å². The van der Waals surface area contributed by atoms with E-state index in [-0.39, 0.29) is 42.7 Å². The third-order valence-corrected chi connectivity index (χ3v) is 6.59. The van der Waals surface area contributed by atoms with E-state index in [2.05, 4.69) is 15.6 Å². The number of fused-ring (bicyclic) bond motifs is 1. The van der Waals surface area contributed by atoms with Gasteiger partial charge >= 0.3 is 0 Å². The molecule has 0 bridgehead atoms. The van der Waals surface area contributed by atoms with Crippen molar-refractivity contribution >= 4 is 17.7 Å². The van der Waals surface area contributed by atoms with Gasteiger partial charge in [0.2, 0.25) is 5.91 Å². The maximum absolute atomic E-state index is 13.7. The van der Waals surface area contributed by atoms with Crippen LogP contribution in [0.2, 0.25) is 0 Å². The quantitative estimate of drug-likeness (QED) is 0.426. The average Bonchev–Trinajstić information content (AvgIpc) is 3.33. The lowest BCUT2D eigenvalue weighted by Gasteiger charge is -2.43. The third-order valence-electron chi connectivity index (χ3n) is 6.59. The average molecular weight is 522 g/mol. The largest absolute Gasteiger partial charge is 0.494 e. The van der Waals surface area contributed by atoms with Crippen LogP contribution in [0.5, 0.6) is 5.75 Å². The summed E-state index contributed by atoms with van der Waals surface area (Å²) in [5.41, 5.74) is 0.503. The predicted octanol–water partition coefficient (Wildman–Crippen LogP) is 3.29. The summed E-state index contributed by atoms with van der Waals surface area (Å²) in [6, 6.07) is 13.3. The molecule has 3 aromatic rings. The molecule has 10 heteroatoms. The number of hydrogen-bond acceptors (Lipinski definition) is 5. The van der Waals surface area contributed by atoms with Gasteiger partial charge < -0.3 is 24.8 Å². The van der Waals surface area contributed by atoms with Crippen molar-refractivity contribution in [1.29, 1.82) is 0 Å². The van der Waals surface area contributed by atoms with Crippen LogP contribution in [0.1, 0.15) is 59.3 Å². The third kappa shape index (κ3) is 5.39. The van der Waals surface area contributed by atoms with Crippen molar-refractivity contribution < 1.29 is 23.5 Å². The monoisotopic (exact) mass is 521 g/mol. The van der Waals surface area contributed by atoms with Crippen molar-refractivity contribution in [3.63, 3.8) is 0 Å². The molecule has 2 N–H and O–H groups in total. The first-order chi connectivity index (χ1) is 18.3. The van der Waals surface area contributed by atoms with Crippen LogP contribution in [0.15, 0.2) is 54.9 Å². The molecular weight excluding hydrogens is 489 g/mol. The fourth-order valence-corrected chi connectivity index (χ4v) is 4.61. The lowest BCUT2D eigenvalue weighted by atomic mass is 9.94. The van der Waals surface area contributed by atoms with Crippen LogP contribution in [0.3, 0.4) is 0 Å². The summed E-state index contributed by atoms with van der Waals surface area (Å²) in [7, 11) is 0. The molecule has 200 valence electrons. The zero-order valence-corrected chi connectivity index (χ0v) is 21.8. The molecule has 1 aromatic heterocycles. The summed E-state index contributed by atoms with van der Waals surface area (Å²) < 4.78 is 20.4. The van der Waals surface area contributed by atoms with E-state index >= 15 is 0 Å². The Hall–Kier alpha value is -4.21. The molecule has 0 fully saturated rings. The molecular formula is C28H32FN5O4. The molecule has 0 unspecified atom stereocenters. The second-order valence-electron chi connectivity index (χ2n) is 9.33. The zero-order chi connectivity index (χ0) is 27.3. The molecule has 1 atom stereocenters. The number of rotatable bonds is 10. The summed E-state index contributed by atoms with van der Waals surface area (Å²) in [4.78, 5) is 45.9. The van der Waals surface area contributed by atoms with Crippen molar-refractivity contribution in [3.8, 4) is 5.75 Å². The van der Waals surface area contributed by atoms with E-state index in [1.54, 1.807) is 23.6 Å². The molecule has 0 spiro atoms. The molecule has 0 saturated heterocycles. The standard InChI is InChI=1S/C28H32FN5O4/c1-4-14-34-26(36)24-23(25(35)30-16-20-8-6-7-9-22(20)38-5-2)32-18-33(24)17-28(34,3)27(37)31-15-19-10-12-21(29)13-11-19/h6-13,18H,4-5,14-17H2,1-3H3,(H,30,35)(H,31,37)/t28-/m1/s1. The predicted molar refractivity (Wildman–Crippen MR) is 139 cm³/mol. The highest BCUT2D eigenvalue weighted by molar-refractivity contribution is 6.07. The van der Waals surface area contributed by atoms with E-state index in [1.165, 1.54) is 23.4 Å². The molecule has 4 rings (SSSR count). The Bertz CT molecular complexity index is 1320. The van der Waals surface area contributed by atoms with Gasteiger partial charge in [-0.15, -0.1) is 0 Å². The van der Waals surface area contributed by atoms with Crippen LogP contribution in [-0.4, -0.2) is 50.9 Å². The Morgan fingerprint density at radius 2 is 1.82 bits per heavy atom. The highest BCUT2D eigenvalue weighted by atomic mass is 19.1. The van der Waals surface area contributed by atoms with E-state index in [1.807, 2.05) is 38.1 Å². The highest BCUT2D eigenvalue weighted by Gasteiger charge is 2.48. The molecule has 1 aliphatic rings. The SMILES string of the molecule is CCCN1C(=O)c2c(C(=O)NCc3ccccc3OCC)ncn2C[C@]1(C)C(=O)NCc1ccc(F)cc1. The van der Waals surface area contributed by atoms with Gasteiger partial charge in [0.15, 0.2) is 5.69 Å². The molecule has 3 amide bonds. The number of nitrogens with zero attached hydrogens (tertiary/aromatic N) is 3. The van der Waals surface area contributed by atoms with Gasteiger partial charge in [-0.25, -0.2) is 9.37 Å². The molecule has 38 heavy (non-hydrogen) atoms. The van der Waals surface area contributed by atoms with Gasteiger partial charge in [0.1, 0.15) is 22.8 Å². The Labute approximate surface area is 221 Å². The molecule has 1 aliphatic heterocycles. The number of carbonyl (C=O) groups excluding carboxylic acids is 3. The number of imidazole rings is 1. The van der Waals surface area contributed by atoms with Crippen LogP contribution in [0.4, 0.5) is 4.39 Å². The summed E-state index contributed by atoms with van der Waals surface area (Å²) in [6.07, 6.45) is 2.04. The van der Waals surface area contributed by atoms with Crippen molar-refractivity contribution in [1.82, 2.24) is 25.1 Å². The molecule has 0 aliphatic carbocycles. The topological polar surface area (TPSA) is 106 Å². The summed E-state index contributed by atoms with van der Waals surface area (Å²) in [5.74, 6) is -0.949. The number of nitrogens with one attached hydrogen (secondary N) is 2. The second-order valence-corrected chi connectivity index (χ2v) is 9.33. The second kappa shape index (κ2) is 11.5. The lowest BCUT2D eigenvalue weighted by Crippen LogP contribution is -2.64. The molecule has 9 nitrogen and oxygen atoms in total. The maximum Gasteiger partial charge on any atom is 0.273 e. The van der Waals surface area contributed by atoms with Crippen molar-refractivity contribution in [2.45, 2.75) is 52.4 Å². The number of para-hydroxylation sites is 1. The molecule has 0 radical (unpaired) electrons. The lowest BCUT2D eigenvalue weighted by molar-refractivity contribution is -0.133. The molecule has 2 heterocycles. The van der Waals surface area contributed by atoms with E-state index in [4.69, 9.17) is 4.74 Å². The Kier molecular flexibility index (Phi) is 8.09. The van der Waals surface area contributed by atoms with Crippen LogP contribution in [0.25, 0.3) is 0 Å².